The molecule has 130 valence electrons. The van der Waals surface area contributed by atoms with Crippen LogP contribution in [-0.2, 0) is 17.9 Å². The van der Waals surface area contributed by atoms with Crippen LogP contribution in [0.25, 0.3) is 10.7 Å². The number of hydrogen-bond donors (Lipinski definition) is 1. The number of benzene rings is 1. The molecule has 7 heteroatoms. The number of aryl methyl sites for hydroxylation is 1. The Labute approximate surface area is 155 Å². The van der Waals surface area contributed by atoms with Crippen LogP contribution in [0.2, 0.25) is 0 Å². The predicted octanol–water partition coefficient (Wildman–Crippen LogP) is 4.03. The summed E-state index contributed by atoms with van der Waals surface area (Å²) in [5.41, 5.74) is 2.35. The van der Waals surface area contributed by atoms with E-state index < -0.39 is 0 Å². The number of likely N-dealkylation sites (N-methyl/N-ethyl adjacent to an activating group) is 1. The minimum Gasteiger partial charge on any atom is -0.337 e. The van der Waals surface area contributed by atoms with Crippen LogP contribution in [0, 0.1) is 11.7 Å². The SMILES string of the molecule is CCN(Cc1ccccc1C)C(=O)Cn1c(-c2cccs2)n[nH]c1=S. The van der Waals surface area contributed by atoms with Gasteiger partial charge in [0.15, 0.2) is 10.6 Å². The van der Waals surface area contributed by atoms with Gasteiger partial charge in [-0.25, -0.2) is 0 Å². The Morgan fingerprint density at radius 2 is 2.12 bits per heavy atom. The molecule has 0 spiro atoms. The van der Waals surface area contributed by atoms with Crippen molar-refractivity contribution >= 4 is 29.5 Å². The first-order valence-corrected chi connectivity index (χ1v) is 9.40. The van der Waals surface area contributed by atoms with E-state index in [4.69, 9.17) is 12.2 Å². The highest BCUT2D eigenvalue weighted by molar-refractivity contribution is 7.71. The van der Waals surface area contributed by atoms with Crippen molar-refractivity contribution in [1.82, 2.24) is 19.7 Å². The Morgan fingerprint density at radius 3 is 2.80 bits per heavy atom. The molecule has 25 heavy (non-hydrogen) atoms. The molecule has 0 aliphatic heterocycles. The third-order valence-electron chi connectivity index (χ3n) is 4.15. The topological polar surface area (TPSA) is 53.9 Å². The zero-order valence-corrected chi connectivity index (χ0v) is 15.9. The first-order chi connectivity index (χ1) is 12.1. The molecule has 1 amide bonds. The van der Waals surface area contributed by atoms with Crippen molar-refractivity contribution < 1.29 is 4.79 Å². The third-order valence-corrected chi connectivity index (χ3v) is 5.33. The van der Waals surface area contributed by atoms with Gasteiger partial charge in [-0.15, -0.1) is 11.3 Å². The fraction of sp³-hybridized carbons (Fsp3) is 0.278. The van der Waals surface area contributed by atoms with E-state index in [0.717, 1.165) is 10.4 Å². The van der Waals surface area contributed by atoms with Crippen molar-refractivity contribution in [2.75, 3.05) is 6.54 Å². The molecular weight excluding hydrogens is 352 g/mol. The average Bonchev–Trinajstić information content (AvgIpc) is 3.25. The number of thiophene rings is 1. The number of nitrogens with one attached hydrogen (secondary N) is 1. The van der Waals surface area contributed by atoms with Gasteiger partial charge < -0.3 is 4.90 Å². The highest BCUT2D eigenvalue weighted by Crippen LogP contribution is 2.23. The quantitative estimate of drug-likeness (QED) is 0.665. The maximum absolute atomic E-state index is 12.9. The molecule has 0 bridgehead atoms. The van der Waals surface area contributed by atoms with E-state index in [1.807, 2.05) is 41.5 Å². The molecular formula is C18H20N4OS2. The Morgan fingerprint density at radius 1 is 1.32 bits per heavy atom. The van der Waals surface area contributed by atoms with E-state index in [0.29, 0.717) is 23.7 Å². The molecule has 0 unspecified atom stereocenters. The first-order valence-electron chi connectivity index (χ1n) is 8.11. The smallest absolute Gasteiger partial charge is 0.242 e. The number of amides is 1. The number of hydrogen-bond acceptors (Lipinski definition) is 4. The maximum Gasteiger partial charge on any atom is 0.242 e. The summed E-state index contributed by atoms with van der Waals surface area (Å²) in [5, 5.41) is 9.06. The zero-order chi connectivity index (χ0) is 17.8. The lowest BCUT2D eigenvalue weighted by Gasteiger charge is -2.22. The van der Waals surface area contributed by atoms with Crippen LogP contribution in [0.5, 0.6) is 0 Å². The largest absolute Gasteiger partial charge is 0.337 e. The maximum atomic E-state index is 12.9. The number of aromatic amines is 1. The lowest BCUT2D eigenvalue weighted by molar-refractivity contribution is -0.132. The van der Waals surface area contributed by atoms with Gasteiger partial charge in [-0.2, -0.15) is 5.10 Å². The molecule has 3 aromatic rings. The summed E-state index contributed by atoms with van der Waals surface area (Å²) in [4.78, 5) is 15.7. The van der Waals surface area contributed by atoms with Crippen LogP contribution in [0.1, 0.15) is 18.1 Å². The van der Waals surface area contributed by atoms with Crippen molar-refractivity contribution in [3.8, 4) is 10.7 Å². The van der Waals surface area contributed by atoms with Gasteiger partial charge in [-0.1, -0.05) is 30.3 Å². The van der Waals surface area contributed by atoms with Crippen LogP contribution < -0.4 is 0 Å². The van der Waals surface area contributed by atoms with Crippen molar-refractivity contribution in [2.45, 2.75) is 26.9 Å². The minimum absolute atomic E-state index is 0.0288. The van der Waals surface area contributed by atoms with Crippen LogP contribution in [-0.4, -0.2) is 32.1 Å². The van der Waals surface area contributed by atoms with Crippen LogP contribution in [0.15, 0.2) is 41.8 Å². The van der Waals surface area contributed by atoms with Crippen LogP contribution in [0.3, 0.4) is 0 Å². The fourth-order valence-electron chi connectivity index (χ4n) is 2.66. The van der Waals surface area contributed by atoms with Crippen LogP contribution >= 0.6 is 23.6 Å². The second-order valence-corrected chi connectivity index (χ2v) is 7.08. The zero-order valence-electron chi connectivity index (χ0n) is 14.2. The van der Waals surface area contributed by atoms with E-state index in [1.54, 1.807) is 15.9 Å². The molecule has 2 heterocycles. The lowest BCUT2D eigenvalue weighted by atomic mass is 10.1. The molecule has 3 rings (SSSR count). The van der Waals surface area contributed by atoms with Crippen molar-refractivity contribution in [1.29, 1.82) is 0 Å². The van der Waals surface area contributed by atoms with Gasteiger partial charge in [0.2, 0.25) is 5.91 Å². The van der Waals surface area contributed by atoms with Gasteiger partial charge in [-0.05, 0) is 48.6 Å². The molecule has 2 aromatic heterocycles. The average molecular weight is 373 g/mol. The first kappa shape index (κ1) is 17.6. The summed E-state index contributed by atoms with van der Waals surface area (Å²) >= 11 is 6.89. The molecule has 0 saturated heterocycles. The molecule has 0 atom stereocenters. The Hall–Kier alpha value is -2.25. The number of nitrogens with zero attached hydrogens (tertiary/aromatic N) is 3. The highest BCUT2D eigenvalue weighted by atomic mass is 32.1. The monoisotopic (exact) mass is 372 g/mol. The van der Waals surface area contributed by atoms with Gasteiger partial charge in [-0.3, -0.25) is 14.5 Å². The summed E-state index contributed by atoms with van der Waals surface area (Å²) < 4.78 is 2.23. The van der Waals surface area contributed by atoms with E-state index >= 15 is 0 Å². The second-order valence-electron chi connectivity index (χ2n) is 5.75. The Kier molecular flexibility index (Phi) is 5.45. The van der Waals surface area contributed by atoms with Crippen molar-refractivity contribution in [3.63, 3.8) is 0 Å². The van der Waals surface area contributed by atoms with Gasteiger partial charge in [0.05, 0.1) is 4.88 Å². The van der Waals surface area contributed by atoms with Gasteiger partial charge >= 0.3 is 0 Å². The second kappa shape index (κ2) is 7.76. The fourth-order valence-corrected chi connectivity index (χ4v) is 3.58. The van der Waals surface area contributed by atoms with E-state index in [1.165, 1.54) is 5.56 Å². The molecule has 0 radical (unpaired) electrons. The lowest BCUT2D eigenvalue weighted by Crippen LogP contribution is -2.33. The summed E-state index contributed by atoms with van der Waals surface area (Å²) in [5.74, 6) is 0.737. The molecule has 0 aliphatic rings. The number of rotatable bonds is 6. The van der Waals surface area contributed by atoms with Crippen molar-refractivity contribution in [3.05, 3.63) is 57.7 Å². The van der Waals surface area contributed by atoms with Crippen LogP contribution in [0.4, 0.5) is 0 Å². The van der Waals surface area contributed by atoms with Gasteiger partial charge in [0.1, 0.15) is 6.54 Å². The number of carbonyl (C=O) groups is 1. The highest BCUT2D eigenvalue weighted by Gasteiger charge is 2.17. The molecule has 0 aliphatic carbocycles. The summed E-state index contributed by atoms with van der Waals surface area (Å²) in [6.07, 6.45) is 0. The van der Waals surface area contributed by atoms with E-state index in [9.17, 15) is 4.79 Å². The Balaban J connectivity index is 1.81. The molecule has 0 fully saturated rings. The van der Waals surface area contributed by atoms with Gasteiger partial charge in [0.25, 0.3) is 0 Å². The standard InChI is InChI=1S/C18H20N4OS2/c1-3-21(11-14-8-5-4-7-13(14)2)16(23)12-22-17(19-20-18(22)24)15-9-6-10-25-15/h4-10H,3,11-12H2,1-2H3,(H,20,24). The molecule has 1 aromatic carbocycles. The minimum atomic E-state index is 0.0288. The van der Waals surface area contributed by atoms with E-state index in [2.05, 4.69) is 29.3 Å². The number of H-pyrrole nitrogens is 1. The van der Waals surface area contributed by atoms with Gasteiger partial charge in [0, 0.05) is 13.1 Å². The third kappa shape index (κ3) is 3.88. The van der Waals surface area contributed by atoms with E-state index in [-0.39, 0.29) is 12.5 Å². The summed E-state index contributed by atoms with van der Waals surface area (Å²) in [6.45, 7) is 5.48. The normalized spacial score (nSPS) is 10.8. The summed E-state index contributed by atoms with van der Waals surface area (Å²) in [6, 6.07) is 12.1. The van der Waals surface area contributed by atoms with Crippen molar-refractivity contribution in [2.24, 2.45) is 0 Å². The number of carbonyl (C=O) groups excluding carboxylic acids is 1. The Bertz CT molecular complexity index is 911. The molecule has 0 saturated carbocycles. The predicted molar refractivity (Wildman–Crippen MR) is 103 cm³/mol. The molecule has 5 nitrogen and oxygen atoms in total. The summed E-state index contributed by atoms with van der Waals surface area (Å²) in [7, 11) is 0. The molecule has 1 N–H and O–H groups in total. The number of aromatic nitrogens is 3.